The zero-order valence-electron chi connectivity index (χ0n) is 74.7. The molecule has 23 rings (SSSR count). The lowest BCUT2D eigenvalue weighted by atomic mass is 9.86. The number of hydrogen-bond acceptors (Lipinski definition) is 19. The first-order valence-electron chi connectivity index (χ1n) is 45.7. The molecule has 7 aliphatic rings. The van der Waals surface area contributed by atoms with Crippen molar-refractivity contribution in [2.24, 2.45) is 0 Å². The summed E-state index contributed by atoms with van der Waals surface area (Å²) in [7, 11) is 0. The highest BCUT2D eigenvalue weighted by Crippen LogP contribution is 2.45. The van der Waals surface area contributed by atoms with E-state index in [0.29, 0.717) is 128 Å². The van der Waals surface area contributed by atoms with E-state index in [0.717, 1.165) is 201 Å². The highest BCUT2D eigenvalue weighted by molar-refractivity contribution is 6.08. The fraction of sp³-hybridized carbons (Fsp3) is 0.227. The average Bonchev–Trinajstić information content (AvgIpc) is 1.60. The first kappa shape index (κ1) is 87.6. The van der Waals surface area contributed by atoms with Gasteiger partial charge in [0, 0.05) is 141 Å². The highest BCUT2D eigenvalue weighted by Gasteiger charge is 2.39. The van der Waals surface area contributed by atoms with Crippen molar-refractivity contribution in [3.63, 3.8) is 0 Å². The fourth-order valence-electron chi connectivity index (χ4n) is 18.6. The summed E-state index contributed by atoms with van der Waals surface area (Å²) in [5, 5.41) is 52.1. The first-order chi connectivity index (χ1) is 66.5. The minimum absolute atomic E-state index is 0.0166. The second kappa shape index (κ2) is 38.5. The molecule has 26 heteroatoms. The van der Waals surface area contributed by atoms with E-state index < -0.39 is 5.41 Å². The van der Waals surface area contributed by atoms with Crippen LogP contribution in [-0.2, 0) is 40.5 Å². The molecule has 0 aliphatic carbocycles. The molecule has 7 aliphatic heterocycles. The summed E-state index contributed by atoms with van der Waals surface area (Å²) in [6.07, 6.45) is 10.2. The van der Waals surface area contributed by atoms with Gasteiger partial charge in [-0.05, 0) is 196 Å². The number of nitrogens with zero attached hydrogens (tertiary/aromatic N) is 6. The van der Waals surface area contributed by atoms with Gasteiger partial charge in [-0.3, -0.25) is 19.4 Å². The van der Waals surface area contributed by atoms with E-state index in [1.807, 2.05) is 190 Å². The molecule has 136 heavy (non-hydrogen) atoms. The standard InChI is InChI=1S/C30H27N3O3.C28H23N3O4.C28H23N3O3.C24H21N5O2/c1-30(2)24-8-6-19(15-27(24)33-29(30)34)26-16-23-22(4-3-5-25(23)32-26)18-7-9-28(20(14-18)17-31)36-21-10-12-35-13-11-21;29-15-19-12-17(5-7-26(19)35-20-8-10-33-11-9-20)21-2-1-3-23-22(21)14-25(30-23)18-4-6-24-27(13-18)34-16-28(32)31-24;29-15-20-12-17(6-7-27(20)34-21-8-10-33-11-9-21)22-2-1-3-25-24(22)14-26(31-25)18-4-5-19-16-30-28(32)23(19)13-18;25-12-16-10-15(4-5-23(16)31-17-6-8-30-9-7-17)18-2-1-3-20-19(18)11-21(28-20)22-13-27-14-24(26)29-22/h3-9,14-16,21,32H,10-13H2,1-2H3,(H,33,34);1-7,12-14,20,30H,8-11,16H2,(H,31,32);1-7,12-14,21,31H,8-11,16H2,(H,30,32);1-5,10-11,13-14,17,28H,6-9H2,(H2,26,29). The first-order valence-corrected chi connectivity index (χ1v) is 45.7. The van der Waals surface area contributed by atoms with Crippen LogP contribution < -0.4 is 45.4 Å². The van der Waals surface area contributed by atoms with Crippen LogP contribution in [-0.4, -0.2) is 132 Å². The van der Waals surface area contributed by atoms with Crippen LogP contribution in [0.25, 0.3) is 133 Å². The Balaban J connectivity index is 0.000000112. The van der Waals surface area contributed by atoms with Crippen molar-refractivity contribution in [2.75, 3.05) is 75.8 Å². The molecule has 0 unspecified atom stereocenters. The van der Waals surface area contributed by atoms with Crippen molar-refractivity contribution < 1.29 is 57.0 Å². The molecule has 16 aromatic rings. The second-order valence-corrected chi connectivity index (χ2v) is 35.1. The third kappa shape index (κ3) is 18.4. The molecule has 676 valence electrons. The summed E-state index contributed by atoms with van der Waals surface area (Å²) in [4.78, 5) is 58.4. The number of carbonyl (C=O) groups excluding carboxylic acids is 3. The van der Waals surface area contributed by atoms with Gasteiger partial charge in [0.1, 0.15) is 89.0 Å². The SMILES string of the molecule is CC1(C)C(=O)Nc2cc(-c3cc4c(-c5ccc(OC6CCOCC6)c(C#N)c5)cccc4[nH]3)ccc21.N#Cc1cc(-c2cccc3[nH]c(-c4ccc5c(c4)C(=O)NC5)cc23)ccc1OC1CCOCC1.N#Cc1cc(-c2cccc3[nH]c(-c4ccc5c(c4)OCC(=O)N5)cc23)ccc1OC1CCOCC1.N#Cc1cc(-c2cccc3[nH]c(-c4cncc(N)n4)cc23)ccc1OC1CCOCC1. The number of hydrogen-bond donors (Lipinski definition) is 8. The summed E-state index contributed by atoms with van der Waals surface area (Å²) >= 11 is 0. The van der Waals surface area contributed by atoms with Gasteiger partial charge in [0.2, 0.25) is 5.91 Å². The normalized spacial score (nSPS) is 15.7. The lowest BCUT2D eigenvalue weighted by Gasteiger charge is -2.24. The number of aromatic amines is 4. The second-order valence-electron chi connectivity index (χ2n) is 35.1. The molecule has 12 heterocycles. The Kier molecular flexibility index (Phi) is 24.8. The van der Waals surface area contributed by atoms with Crippen LogP contribution in [0.4, 0.5) is 17.2 Å². The van der Waals surface area contributed by atoms with Crippen LogP contribution in [0.2, 0.25) is 0 Å². The topological polar surface area (TPSA) is 380 Å². The summed E-state index contributed by atoms with van der Waals surface area (Å²) in [6, 6.07) is 83.0. The van der Waals surface area contributed by atoms with Gasteiger partial charge in [-0.1, -0.05) is 103 Å². The monoisotopic (exact) mass is 1800 g/mol. The van der Waals surface area contributed by atoms with Crippen molar-refractivity contribution in [1.82, 2.24) is 35.2 Å². The summed E-state index contributed by atoms with van der Waals surface area (Å²) < 4.78 is 51.7. The molecule has 9 N–H and O–H groups in total. The van der Waals surface area contributed by atoms with E-state index in [4.69, 9.17) is 48.4 Å². The van der Waals surface area contributed by atoms with Gasteiger partial charge < -0.3 is 84.3 Å². The number of benzene rings is 11. The molecule has 26 nitrogen and oxygen atoms in total. The quantitative estimate of drug-likeness (QED) is 0.0445. The van der Waals surface area contributed by atoms with Gasteiger partial charge in [-0.25, -0.2) is 4.98 Å². The summed E-state index contributed by atoms with van der Waals surface area (Å²) in [5.41, 5.74) is 30.9. The van der Waals surface area contributed by atoms with Crippen molar-refractivity contribution in [2.45, 2.75) is 102 Å². The third-order valence-corrected chi connectivity index (χ3v) is 25.9. The van der Waals surface area contributed by atoms with Crippen LogP contribution >= 0.6 is 0 Å². The molecule has 0 atom stereocenters. The van der Waals surface area contributed by atoms with E-state index in [2.05, 4.69) is 119 Å². The number of aromatic nitrogens is 6. The van der Waals surface area contributed by atoms with E-state index in [9.17, 15) is 35.4 Å². The van der Waals surface area contributed by atoms with Gasteiger partial charge in [0.05, 0.1) is 104 Å². The van der Waals surface area contributed by atoms with Gasteiger partial charge in [-0.15, -0.1) is 0 Å². The predicted octanol–water partition coefficient (Wildman–Crippen LogP) is 20.9. The maximum Gasteiger partial charge on any atom is 0.262 e. The number of nitrogen functional groups attached to an aromatic ring is 1. The van der Waals surface area contributed by atoms with Crippen LogP contribution in [0.15, 0.2) is 237 Å². The molecule has 0 saturated carbocycles. The molecule has 11 aromatic carbocycles. The lowest BCUT2D eigenvalue weighted by Crippen LogP contribution is -2.26. The number of fused-ring (bicyclic) bond motifs is 7. The van der Waals surface area contributed by atoms with Gasteiger partial charge >= 0.3 is 0 Å². The van der Waals surface area contributed by atoms with E-state index in [1.54, 1.807) is 6.20 Å². The largest absolute Gasteiger partial charge is 0.489 e. The minimum atomic E-state index is -0.527. The Bertz CT molecular complexity index is 7520. The number of nitrogens with two attached hydrogens (primary N) is 1. The summed E-state index contributed by atoms with van der Waals surface area (Å²) in [5.74, 6) is 3.35. The molecule has 4 fully saturated rings. The zero-order chi connectivity index (χ0) is 92.9. The number of H-pyrrole nitrogens is 4. The number of ether oxygens (including phenoxy) is 9. The van der Waals surface area contributed by atoms with Gasteiger partial charge in [0.15, 0.2) is 6.61 Å². The molecular formula is C110H94N14O12. The molecule has 0 bridgehead atoms. The van der Waals surface area contributed by atoms with Gasteiger partial charge in [0.25, 0.3) is 11.8 Å². The Hall–Kier alpha value is -16.3. The third-order valence-electron chi connectivity index (χ3n) is 25.9. The predicted molar refractivity (Wildman–Crippen MR) is 520 cm³/mol. The van der Waals surface area contributed by atoms with Gasteiger partial charge in [-0.2, -0.15) is 21.0 Å². The van der Waals surface area contributed by atoms with Crippen LogP contribution in [0.5, 0.6) is 28.7 Å². The molecule has 3 amide bonds. The Morgan fingerprint density at radius 2 is 0.765 bits per heavy atom. The number of rotatable bonds is 16. The molecule has 0 radical (unpaired) electrons. The van der Waals surface area contributed by atoms with Crippen LogP contribution in [0, 0.1) is 45.3 Å². The summed E-state index contributed by atoms with van der Waals surface area (Å²) in [6.45, 7) is 10.0. The molecule has 4 saturated heterocycles. The maximum atomic E-state index is 12.4. The molecule has 0 spiro atoms. The molecule has 5 aromatic heterocycles. The number of carbonyl (C=O) groups is 3. The van der Waals surface area contributed by atoms with Crippen LogP contribution in [0.1, 0.15) is 109 Å². The Morgan fingerprint density at radius 1 is 0.390 bits per heavy atom. The van der Waals surface area contributed by atoms with Crippen LogP contribution in [0.3, 0.4) is 0 Å². The number of amides is 3. The van der Waals surface area contributed by atoms with E-state index in [1.165, 1.54) is 6.20 Å². The zero-order valence-corrected chi connectivity index (χ0v) is 74.7. The molecular weight excluding hydrogens is 1710 g/mol. The van der Waals surface area contributed by atoms with E-state index >= 15 is 0 Å². The van der Waals surface area contributed by atoms with E-state index in [-0.39, 0.29) is 48.7 Å². The number of nitriles is 4. The number of anilines is 3. The maximum absolute atomic E-state index is 12.4. The average molecular weight is 1800 g/mol. The number of nitrogens with one attached hydrogen (secondary N) is 7. The Labute approximate surface area is 783 Å². The van der Waals surface area contributed by atoms with Crippen molar-refractivity contribution in [1.29, 1.82) is 21.0 Å². The minimum Gasteiger partial charge on any atom is -0.489 e. The van der Waals surface area contributed by atoms with Crippen molar-refractivity contribution in [3.05, 3.63) is 276 Å². The Morgan fingerprint density at radius 3 is 1.18 bits per heavy atom. The van der Waals surface area contributed by atoms with Crippen molar-refractivity contribution >= 4 is 78.5 Å². The lowest BCUT2D eigenvalue weighted by molar-refractivity contribution is -0.120. The van der Waals surface area contributed by atoms with Crippen molar-refractivity contribution in [3.8, 4) is 143 Å². The highest BCUT2D eigenvalue weighted by atomic mass is 16.5. The smallest absolute Gasteiger partial charge is 0.262 e. The fourth-order valence-corrected chi connectivity index (χ4v) is 18.6.